The van der Waals surface area contributed by atoms with Crippen molar-refractivity contribution < 1.29 is 36.4 Å². The van der Waals surface area contributed by atoms with Crippen LogP contribution in [0.5, 0.6) is 0 Å². The third-order valence-corrected chi connectivity index (χ3v) is 9.99. The summed E-state index contributed by atoms with van der Waals surface area (Å²) < 4.78 is 47.7. The second-order valence-corrected chi connectivity index (χ2v) is 14.5. The molecular weight excluding hydrogens is 642 g/mol. The molecule has 4 rings (SSSR count). The molecule has 1 amide bonds. The Morgan fingerprint density at radius 3 is 2.24 bits per heavy atom. The standard InChI is InChI=1S/C39H53NO8S/c1-31-19-23-36(24-20-31)49(43,44)47-30-35(48-39-18-12-14-26-45-39)29-46-38(42)17-9-7-5-3-2-4-6-8-13-25-40-37(41)28-32-21-22-33-15-10-11-16-34(33)27-32/h10-11,15-16,19-24,27,35,39H,2-9,12-14,17-18,25-26,28-30H2,1H3,(H,40,41)/t35-,39?/m0/s1. The molecule has 3 aromatic carbocycles. The lowest BCUT2D eigenvalue weighted by molar-refractivity contribution is -0.204. The predicted octanol–water partition coefficient (Wildman–Crippen LogP) is 7.57. The van der Waals surface area contributed by atoms with Gasteiger partial charge in [0.2, 0.25) is 5.91 Å². The monoisotopic (exact) mass is 695 g/mol. The Kier molecular flexibility index (Phi) is 16.5. The van der Waals surface area contributed by atoms with Crippen LogP contribution in [0, 0.1) is 6.92 Å². The topological polar surface area (TPSA) is 117 Å². The fourth-order valence-electron chi connectivity index (χ4n) is 5.81. The van der Waals surface area contributed by atoms with Crippen molar-refractivity contribution in [2.24, 2.45) is 0 Å². The molecule has 0 saturated carbocycles. The van der Waals surface area contributed by atoms with Gasteiger partial charge in [0.1, 0.15) is 12.7 Å². The highest BCUT2D eigenvalue weighted by Crippen LogP contribution is 2.19. The zero-order valence-electron chi connectivity index (χ0n) is 28.9. The number of fused-ring (bicyclic) bond motifs is 1. The number of carbonyl (C=O) groups excluding carboxylic acids is 2. The molecule has 268 valence electrons. The van der Waals surface area contributed by atoms with Gasteiger partial charge in [-0.15, -0.1) is 0 Å². The summed E-state index contributed by atoms with van der Waals surface area (Å²) in [7, 11) is -3.98. The molecule has 1 fully saturated rings. The summed E-state index contributed by atoms with van der Waals surface area (Å²) in [6.45, 7) is 2.79. The second-order valence-electron chi connectivity index (χ2n) is 12.9. The zero-order valence-corrected chi connectivity index (χ0v) is 29.7. The van der Waals surface area contributed by atoms with Crippen LogP contribution >= 0.6 is 0 Å². The van der Waals surface area contributed by atoms with E-state index in [1.165, 1.54) is 23.9 Å². The van der Waals surface area contributed by atoms with E-state index in [1.54, 1.807) is 12.1 Å². The summed E-state index contributed by atoms with van der Waals surface area (Å²) >= 11 is 0. The van der Waals surface area contributed by atoms with Crippen molar-refractivity contribution in [3.63, 3.8) is 0 Å². The Morgan fingerprint density at radius 1 is 0.837 bits per heavy atom. The van der Waals surface area contributed by atoms with E-state index in [9.17, 15) is 18.0 Å². The maximum Gasteiger partial charge on any atom is 0.305 e. The van der Waals surface area contributed by atoms with E-state index < -0.39 is 22.5 Å². The van der Waals surface area contributed by atoms with E-state index in [2.05, 4.69) is 29.6 Å². The number of esters is 1. The van der Waals surface area contributed by atoms with Crippen LogP contribution in [0.2, 0.25) is 0 Å². The van der Waals surface area contributed by atoms with Gasteiger partial charge < -0.3 is 19.5 Å². The maximum absolute atomic E-state index is 12.7. The summed E-state index contributed by atoms with van der Waals surface area (Å²) in [5, 5.41) is 5.39. The molecule has 49 heavy (non-hydrogen) atoms. The van der Waals surface area contributed by atoms with Gasteiger partial charge in [-0.3, -0.25) is 13.8 Å². The van der Waals surface area contributed by atoms with Crippen LogP contribution < -0.4 is 5.32 Å². The van der Waals surface area contributed by atoms with Crippen molar-refractivity contribution in [2.45, 2.75) is 114 Å². The molecule has 0 radical (unpaired) electrons. The Bertz CT molecular complexity index is 1540. The zero-order chi connectivity index (χ0) is 34.7. The third-order valence-electron chi connectivity index (χ3n) is 8.69. The maximum atomic E-state index is 12.7. The highest BCUT2D eigenvalue weighted by Gasteiger charge is 2.25. The van der Waals surface area contributed by atoms with Gasteiger partial charge >= 0.3 is 5.97 Å². The van der Waals surface area contributed by atoms with Gasteiger partial charge in [0.05, 0.1) is 17.9 Å². The molecule has 1 heterocycles. The van der Waals surface area contributed by atoms with E-state index >= 15 is 0 Å². The first-order valence-electron chi connectivity index (χ1n) is 17.9. The number of amides is 1. The van der Waals surface area contributed by atoms with E-state index in [0.717, 1.165) is 80.7 Å². The molecular formula is C39H53NO8S. The molecule has 2 atom stereocenters. The SMILES string of the molecule is Cc1ccc(S(=O)(=O)OC[C@H](COC(=O)CCCCCCCCCCCNC(=O)Cc2ccc3ccccc3c2)OC2CCCCO2)cc1. The van der Waals surface area contributed by atoms with Gasteiger partial charge in [-0.05, 0) is 67.5 Å². The predicted molar refractivity (Wildman–Crippen MR) is 191 cm³/mol. The van der Waals surface area contributed by atoms with Crippen LogP contribution in [0.3, 0.4) is 0 Å². The van der Waals surface area contributed by atoms with E-state index in [1.807, 2.05) is 25.1 Å². The number of carbonyl (C=O) groups is 2. The van der Waals surface area contributed by atoms with Crippen LogP contribution in [0.15, 0.2) is 71.6 Å². The van der Waals surface area contributed by atoms with Crippen LogP contribution in [0.25, 0.3) is 10.8 Å². The van der Waals surface area contributed by atoms with Gasteiger partial charge in [0, 0.05) is 19.6 Å². The van der Waals surface area contributed by atoms with Crippen molar-refractivity contribution in [2.75, 3.05) is 26.4 Å². The fraction of sp³-hybridized carbons (Fsp3) is 0.538. The first-order valence-corrected chi connectivity index (χ1v) is 19.3. The quantitative estimate of drug-likeness (QED) is 0.0650. The number of hydrogen-bond acceptors (Lipinski definition) is 8. The molecule has 0 spiro atoms. The number of rotatable bonds is 22. The first-order chi connectivity index (χ1) is 23.8. The number of unbranched alkanes of at least 4 members (excludes halogenated alkanes) is 8. The summed E-state index contributed by atoms with van der Waals surface area (Å²) in [5.74, 6) is -0.261. The molecule has 3 aromatic rings. The molecule has 1 unspecified atom stereocenters. The van der Waals surface area contributed by atoms with Crippen LogP contribution in [-0.4, -0.2) is 59.1 Å². The minimum atomic E-state index is -3.98. The third kappa shape index (κ3) is 14.6. The lowest BCUT2D eigenvalue weighted by Gasteiger charge is -2.27. The molecule has 1 N–H and O–H groups in total. The average molecular weight is 696 g/mol. The van der Waals surface area contributed by atoms with E-state index in [4.69, 9.17) is 18.4 Å². The summed E-state index contributed by atoms with van der Waals surface area (Å²) in [6.07, 6.45) is 11.5. The van der Waals surface area contributed by atoms with Crippen molar-refractivity contribution in [1.82, 2.24) is 5.32 Å². The Balaban J connectivity index is 1.01. The van der Waals surface area contributed by atoms with Crippen LogP contribution in [0.1, 0.15) is 94.6 Å². The average Bonchev–Trinajstić information content (AvgIpc) is 3.10. The number of aryl methyl sites for hydroxylation is 1. The molecule has 0 aromatic heterocycles. The van der Waals surface area contributed by atoms with E-state index in [0.29, 0.717) is 32.4 Å². The second kappa shape index (κ2) is 21.0. The molecule has 9 nitrogen and oxygen atoms in total. The minimum Gasteiger partial charge on any atom is -0.463 e. The van der Waals surface area contributed by atoms with Gasteiger partial charge in [0.25, 0.3) is 10.1 Å². The Labute approximate surface area is 292 Å². The molecule has 1 aliphatic heterocycles. The smallest absolute Gasteiger partial charge is 0.305 e. The number of benzene rings is 3. The summed E-state index contributed by atoms with van der Waals surface area (Å²) in [6, 6.07) is 20.8. The largest absolute Gasteiger partial charge is 0.463 e. The van der Waals surface area contributed by atoms with Crippen molar-refractivity contribution in [3.8, 4) is 0 Å². The number of nitrogens with one attached hydrogen (secondary N) is 1. The summed E-state index contributed by atoms with van der Waals surface area (Å²) in [4.78, 5) is 24.8. The summed E-state index contributed by atoms with van der Waals surface area (Å²) in [5.41, 5.74) is 1.98. The lowest BCUT2D eigenvalue weighted by Crippen LogP contribution is -2.35. The number of hydrogen-bond donors (Lipinski definition) is 1. The molecule has 0 aliphatic carbocycles. The van der Waals surface area contributed by atoms with Gasteiger partial charge in [-0.1, -0.05) is 105 Å². The Morgan fingerprint density at radius 2 is 1.53 bits per heavy atom. The van der Waals surface area contributed by atoms with Crippen molar-refractivity contribution in [1.29, 1.82) is 0 Å². The van der Waals surface area contributed by atoms with Crippen LogP contribution in [0.4, 0.5) is 0 Å². The van der Waals surface area contributed by atoms with Crippen molar-refractivity contribution in [3.05, 3.63) is 77.9 Å². The van der Waals surface area contributed by atoms with Gasteiger partial charge in [-0.25, -0.2) is 0 Å². The fourth-order valence-corrected chi connectivity index (χ4v) is 6.75. The lowest BCUT2D eigenvalue weighted by atomic mass is 10.0. The molecule has 0 bridgehead atoms. The molecule has 10 heteroatoms. The van der Waals surface area contributed by atoms with Crippen molar-refractivity contribution >= 4 is 32.8 Å². The highest BCUT2D eigenvalue weighted by atomic mass is 32.2. The molecule has 1 saturated heterocycles. The Hall–Kier alpha value is -3.31. The first kappa shape index (κ1) is 38.5. The van der Waals surface area contributed by atoms with Gasteiger partial charge in [-0.2, -0.15) is 8.42 Å². The number of ether oxygens (including phenoxy) is 3. The normalized spacial score (nSPS) is 15.6. The van der Waals surface area contributed by atoms with Crippen LogP contribution in [-0.2, 0) is 44.5 Å². The molecule has 1 aliphatic rings. The van der Waals surface area contributed by atoms with Gasteiger partial charge in [0.15, 0.2) is 6.29 Å². The van der Waals surface area contributed by atoms with E-state index in [-0.39, 0.29) is 30.0 Å². The minimum absolute atomic E-state index is 0.0667. The highest BCUT2D eigenvalue weighted by molar-refractivity contribution is 7.86.